The van der Waals surface area contributed by atoms with Gasteiger partial charge in [0.25, 0.3) is 5.91 Å². The molecule has 0 radical (unpaired) electrons. The first-order chi connectivity index (χ1) is 10.2. The highest BCUT2D eigenvalue weighted by Crippen LogP contribution is 2.17. The summed E-state index contributed by atoms with van der Waals surface area (Å²) < 4.78 is 5.44. The van der Waals surface area contributed by atoms with E-state index in [1.54, 1.807) is 0 Å². The van der Waals surface area contributed by atoms with Gasteiger partial charge in [-0.05, 0) is 30.5 Å². The Bertz CT molecular complexity index is 581. The second-order valence-corrected chi connectivity index (χ2v) is 5.65. The number of aromatic nitrogens is 2. The van der Waals surface area contributed by atoms with Crippen LogP contribution < -0.4 is 10.1 Å². The maximum atomic E-state index is 11.8. The highest BCUT2D eigenvalue weighted by molar-refractivity contribution is 7.15. The predicted molar refractivity (Wildman–Crippen MR) is 83.8 cm³/mol. The summed E-state index contributed by atoms with van der Waals surface area (Å²) in [5.74, 6) is 0.458. The van der Waals surface area contributed by atoms with Gasteiger partial charge in [-0.2, -0.15) is 0 Å². The van der Waals surface area contributed by atoms with Crippen molar-refractivity contribution in [1.29, 1.82) is 0 Å². The molecule has 0 fully saturated rings. The minimum Gasteiger partial charge on any atom is -0.484 e. The fourth-order valence-electron chi connectivity index (χ4n) is 1.74. The number of carbonyl (C=O) groups is 1. The van der Waals surface area contributed by atoms with Crippen LogP contribution in [0.5, 0.6) is 5.75 Å². The molecule has 0 unspecified atom stereocenters. The van der Waals surface area contributed by atoms with Crippen LogP contribution in [0, 0.1) is 0 Å². The van der Waals surface area contributed by atoms with Gasteiger partial charge >= 0.3 is 0 Å². The molecule has 5 nitrogen and oxygen atoms in total. The second kappa shape index (κ2) is 7.73. The number of amides is 1. The number of nitrogens with one attached hydrogen (secondary N) is 1. The van der Waals surface area contributed by atoms with Crippen molar-refractivity contribution >= 4 is 22.4 Å². The molecule has 2 rings (SSSR count). The lowest BCUT2D eigenvalue weighted by molar-refractivity contribution is -0.118. The maximum Gasteiger partial charge on any atom is 0.264 e. The van der Waals surface area contributed by atoms with E-state index in [0.717, 1.165) is 24.3 Å². The van der Waals surface area contributed by atoms with Gasteiger partial charge < -0.3 is 4.74 Å². The molecule has 6 heteroatoms. The van der Waals surface area contributed by atoms with Crippen molar-refractivity contribution in [2.24, 2.45) is 0 Å². The first-order valence-corrected chi connectivity index (χ1v) is 7.87. The molecule has 0 bridgehead atoms. The highest BCUT2D eigenvalue weighted by Gasteiger charge is 2.08. The van der Waals surface area contributed by atoms with Crippen LogP contribution in [0.4, 0.5) is 5.13 Å². The molecule has 0 saturated carbocycles. The second-order valence-electron chi connectivity index (χ2n) is 4.59. The molecular weight excluding hydrogens is 286 g/mol. The monoisotopic (exact) mass is 305 g/mol. The molecule has 1 aromatic carbocycles. The third kappa shape index (κ3) is 4.82. The van der Waals surface area contributed by atoms with E-state index in [2.05, 4.69) is 29.4 Å². The van der Waals surface area contributed by atoms with E-state index in [-0.39, 0.29) is 12.5 Å². The average Bonchev–Trinajstić information content (AvgIpc) is 2.93. The Morgan fingerprint density at radius 3 is 2.67 bits per heavy atom. The van der Waals surface area contributed by atoms with Crippen LogP contribution in [-0.2, 0) is 17.6 Å². The number of rotatable bonds is 7. The van der Waals surface area contributed by atoms with Crippen molar-refractivity contribution in [3.05, 3.63) is 34.8 Å². The van der Waals surface area contributed by atoms with E-state index in [0.29, 0.717) is 10.9 Å². The normalized spacial score (nSPS) is 10.4. The van der Waals surface area contributed by atoms with Crippen molar-refractivity contribution in [3.8, 4) is 5.75 Å². The Morgan fingerprint density at radius 2 is 2.00 bits per heavy atom. The summed E-state index contributed by atoms with van der Waals surface area (Å²) in [5.41, 5.74) is 1.24. The van der Waals surface area contributed by atoms with Crippen LogP contribution in [0.25, 0.3) is 0 Å². The van der Waals surface area contributed by atoms with Gasteiger partial charge in [0.1, 0.15) is 10.8 Å². The molecule has 0 aliphatic carbocycles. The average molecular weight is 305 g/mol. The minimum atomic E-state index is -0.228. The van der Waals surface area contributed by atoms with Gasteiger partial charge in [-0.15, -0.1) is 10.2 Å². The van der Waals surface area contributed by atoms with Crippen LogP contribution in [0.2, 0.25) is 0 Å². The summed E-state index contributed by atoms with van der Waals surface area (Å²) in [6.07, 6.45) is 2.88. The van der Waals surface area contributed by atoms with Crippen LogP contribution in [0.15, 0.2) is 24.3 Å². The molecule has 0 atom stereocenters. The minimum absolute atomic E-state index is 0.0336. The molecule has 1 N–H and O–H groups in total. The van der Waals surface area contributed by atoms with E-state index >= 15 is 0 Å². The molecule has 1 aromatic heterocycles. The number of hydrogen-bond acceptors (Lipinski definition) is 5. The summed E-state index contributed by atoms with van der Waals surface area (Å²) in [6, 6.07) is 7.73. The Morgan fingerprint density at radius 1 is 1.24 bits per heavy atom. The number of anilines is 1. The summed E-state index contributed by atoms with van der Waals surface area (Å²) in [5, 5.41) is 12.1. The molecule has 0 aliphatic rings. The Kier molecular flexibility index (Phi) is 5.68. The zero-order valence-electron chi connectivity index (χ0n) is 12.3. The quantitative estimate of drug-likeness (QED) is 0.854. The third-order valence-electron chi connectivity index (χ3n) is 2.88. The van der Waals surface area contributed by atoms with Gasteiger partial charge in [0.15, 0.2) is 6.61 Å². The van der Waals surface area contributed by atoms with Crippen molar-refractivity contribution < 1.29 is 9.53 Å². The number of nitrogens with zero attached hydrogens (tertiary/aromatic N) is 2. The Hall–Kier alpha value is -1.95. The predicted octanol–water partition coefficient (Wildman–Crippen LogP) is 3.07. The lowest BCUT2D eigenvalue weighted by Gasteiger charge is -2.06. The van der Waals surface area contributed by atoms with Crippen LogP contribution in [0.1, 0.15) is 30.8 Å². The van der Waals surface area contributed by atoms with E-state index in [1.807, 2.05) is 24.3 Å². The highest BCUT2D eigenvalue weighted by atomic mass is 32.1. The van der Waals surface area contributed by atoms with Gasteiger partial charge in [-0.3, -0.25) is 10.1 Å². The molecule has 1 heterocycles. The summed E-state index contributed by atoms with van der Waals surface area (Å²) in [6.45, 7) is 4.14. The SMILES string of the molecule is CCCc1nnc(NC(=O)COc2ccc(CC)cc2)s1. The van der Waals surface area contributed by atoms with Crippen molar-refractivity contribution in [2.75, 3.05) is 11.9 Å². The zero-order chi connectivity index (χ0) is 15.1. The van der Waals surface area contributed by atoms with Gasteiger partial charge in [0.2, 0.25) is 5.13 Å². The first kappa shape index (κ1) is 15.4. The number of aryl methyl sites for hydroxylation is 2. The summed E-state index contributed by atoms with van der Waals surface area (Å²) >= 11 is 1.40. The maximum absolute atomic E-state index is 11.8. The molecule has 21 heavy (non-hydrogen) atoms. The van der Waals surface area contributed by atoms with E-state index in [9.17, 15) is 4.79 Å². The van der Waals surface area contributed by atoms with Gasteiger partial charge in [0, 0.05) is 6.42 Å². The van der Waals surface area contributed by atoms with Crippen molar-refractivity contribution in [3.63, 3.8) is 0 Å². The molecule has 0 saturated heterocycles. The van der Waals surface area contributed by atoms with Gasteiger partial charge in [-0.25, -0.2) is 0 Å². The lowest BCUT2D eigenvalue weighted by atomic mass is 10.2. The summed E-state index contributed by atoms with van der Waals surface area (Å²) in [7, 11) is 0. The lowest BCUT2D eigenvalue weighted by Crippen LogP contribution is -2.20. The van der Waals surface area contributed by atoms with E-state index < -0.39 is 0 Å². The van der Waals surface area contributed by atoms with E-state index in [1.165, 1.54) is 16.9 Å². The largest absolute Gasteiger partial charge is 0.484 e. The van der Waals surface area contributed by atoms with Crippen LogP contribution in [-0.4, -0.2) is 22.7 Å². The topological polar surface area (TPSA) is 64.1 Å². The van der Waals surface area contributed by atoms with Gasteiger partial charge in [0.05, 0.1) is 0 Å². The number of hydrogen-bond donors (Lipinski definition) is 1. The van der Waals surface area contributed by atoms with Crippen LogP contribution in [0.3, 0.4) is 0 Å². The molecule has 1 amide bonds. The fraction of sp³-hybridized carbons (Fsp3) is 0.400. The fourth-order valence-corrected chi connectivity index (χ4v) is 2.60. The van der Waals surface area contributed by atoms with Crippen LogP contribution >= 0.6 is 11.3 Å². The first-order valence-electron chi connectivity index (χ1n) is 7.05. The smallest absolute Gasteiger partial charge is 0.264 e. The standard InChI is InChI=1S/C15H19N3O2S/c1-3-5-14-17-18-15(21-14)16-13(19)10-20-12-8-6-11(4-2)7-9-12/h6-9H,3-5,10H2,1-2H3,(H,16,18,19). The van der Waals surface area contributed by atoms with Gasteiger partial charge in [-0.1, -0.05) is 37.3 Å². The Labute approximate surface area is 128 Å². The molecular formula is C15H19N3O2S. The Balaban J connectivity index is 1.80. The van der Waals surface area contributed by atoms with Crippen molar-refractivity contribution in [2.45, 2.75) is 33.1 Å². The molecule has 2 aromatic rings. The summed E-state index contributed by atoms with van der Waals surface area (Å²) in [4.78, 5) is 11.8. The number of benzene rings is 1. The van der Waals surface area contributed by atoms with Crippen molar-refractivity contribution in [1.82, 2.24) is 10.2 Å². The molecule has 112 valence electrons. The molecule has 0 aliphatic heterocycles. The zero-order valence-corrected chi connectivity index (χ0v) is 13.1. The number of carbonyl (C=O) groups excluding carboxylic acids is 1. The molecule has 0 spiro atoms. The third-order valence-corrected chi connectivity index (χ3v) is 3.78. The van der Waals surface area contributed by atoms with E-state index in [4.69, 9.17) is 4.74 Å². The number of ether oxygens (including phenoxy) is 1.